The first-order valence-corrected chi connectivity index (χ1v) is 7.29. The van der Waals surface area contributed by atoms with Crippen LogP contribution in [0.3, 0.4) is 0 Å². The molecule has 0 aliphatic carbocycles. The Morgan fingerprint density at radius 1 is 1.14 bits per heavy atom. The first-order chi connectivity index (χ1) is 10.0. The Hall–Kier alpha value is -1.53. The lowest BCUT2D eigenvalue weighted by Gasteiger charge is -2.22. The van der Waals surface area contributed by atoms with E-state index in [1.54, 1.807) is 21.3 Å². The molecule has 0 aliphatic rings. The Kier molecular flexibility index (Phi) is 4.90. The smallest absolute Gasteiger partial charge is 0.178 e. The number of ether oxygens (including phenoxy) is 3. The fraction of sp³-hybridized carbons (Fsp3) is 0.533. The maximum atomic E-state index is 5.49. The molecule has 2 rings (SSSR count). The van der Waals surface area contributed by atoms with Crippen LogP contribution in [0.5, 0.6) is 11.5 Å². The van der Waals surface area contributed by atoms with Gasteiger partial charge in [-0.2, -0.15) is 0 Å². The topological polar surface area (TPSA) is 48.4 Å². The molecule has 0 amide bonds. The molecule has 21 heavy (non-hydrogen) atoms. The molecule has 0 saturated heterocycles. The van der Waals surface area contributed by atoms with Gasteiger partial charge in [-0.05, 0) is 18.1 Å². The Morgan fingerprint density at radius 2 is 1.76 bits per heavy atom. The van der Waals surface area contributed by atoms with Gasteiger partial charge < -0.3 is 23.8 Å². The quantitative estimate of drug-likeness (QED) is 0.829. The number of hydrogen-bond acceptors (Lipinski definition) is 4. The molecule has 1 aromatic carbocycles. The minimum atomic E-state index is 0.161. The van der Waals surface area contributed by atoms with Crippen LogP contribution in [0.15, 0.2) is 12.1 Å². The summed E-state index contributed by atoms with van der Waals surface area (Å²) in [6.45, 7) is 4.92. The summed E-state index contributed by atoms with van der Waals surface area (Å²) < 4.78 is 18.9. The van der Waals surface area contributed by atoms with E-state index in [1.165, 1.54) is 0 Å². The molecule has 1 N–H and O–H groups in total. The van der Waals surface area contributed by atoms with Crippen molar-refractivity contribution in [2.24, 2.45) is 5.92 Å². The zero-order chi connectivity index (χ0) is 15.6. The van der Waals surface area contributed by atoms with Crippen molar-refractivity contribution in [1.82, 2.24) is 9.55 Å². The average molecular weight is 310 g/mol. The summed E-state index contributed by atoms with van der Waals surface area (Å²) in [5.74, 6) is 1.76. The maximum Gasteiger partial charge on any atom is 0.178 e. The van der Waals surface area contributed by atoms with Crippen LogP contribution >= 0.6 is 12.2 Å². The van der Waals surface area contributed by atoms with E-state index >= 15 is 0 Å². The number of nitrogens with one attached hydrogen (secondary N) is 1. The Bertz CT molecular complexity index is 675. The number of aromatic amines is 1. The monoisotopic (exact) mass is 310 g/mol. The van der Waals surface area contributed by atoms with Crippen LogP contribution in [0.2, 0.25) is 0 Å². The lowest BCUT2D eigenvalue weighted by molar-refractivity contribution is 0.134. The van der Waals surface area contributed by atoms with Gasteiger partial charge in [0.1, 0.15) is 0 Å². The van der Waals surface area contributed by atoms with Crippen molar-refractivity contribution >= 4 is 23.3 Å². The highest BCUT2D eigenvalue weighted by Gasteiger charge is 2.20. The molecule has 1 unspecified atom stereocenters. The minimum absolute atomic E-state index is 0.161. The van der Waals surface area contributed by atoms with E-state index in [9.17, 15) is 0 Å². The largest absolute Gasteiger partial charge is 0.493 e. The number of aromatic nitrogens is 2. The third-order valence-electron chi connectivity index (χ3n) is 3.66. The molecule has 0 saturated carbocycles. The highest BCUT2D eigenvalue weighted by Crippen LogP contribution is 2.34. The van der Waals surface area contributed by atoms with Gasteiger partial charge in [0.2, 0.25) is 0 Å². The molecule has 116 valence electrons. The molecule has 1 atom stereocenters. The van der Waals surface area contributed by atoms with Crippen molar-refractivity contribution < 1.29 is 14.2 Å². The van der Waals surface area contributed by atoms with Gasteiger partial charge in [0.25, 0.3) is 0 Å². The summed E-state index contributed by atoms with van der Waals surface area (Å²) >= 11 is 5.49. The predicted octanol–water partition coefficient (Wildman–Crippen LogP) is 3.56. The van der Waals surface area contributed by atoms with Crippen molar-refractivity contribution in [3.8, 4) is 11.5 Å². The second-order valence-electron chi connectivity index (χ2n) is 5.29. The summed E-state index contributed by atoms with van der Waals surface area (Å²) in [6, 6.07) is 4.02. The van der Waals surface area contributed by atoms with Crippen LogP contribution in [-0.2, 0) is 4.74 Å². The predicted molar refractivity (Wildman–Crippen MR) is 86.0 cm³/mol. The van der Waals surface area contributed by atoms with E-state index < -0.39 is 0 Å². The maximum absolute atomic E-state index is 5.49. The third kappa shape index (κ3) is 2.91. The molecule has 0 fully saturated rings. The number of fused-ring (bicyclic) bond motifs is 1. The van der Waals surface area contributed by atoms with Gasteiger partial charge in [-0.1, -0.05) is 13.8 Å². The Morgan fingerprint density at radius 3 is 2.29 bits per heavy atom. The van der Waals surface area contributed by atoms with E-state index in [1.807, 2.05) is 12.1 Å². The van der Waals surface area contributed by atoms with Crippen LogP contribution in [0, 0.1) is 10.7 Å². The van der Waals surface area contributed by atoms with E-state index in [0.29, 0.717) is 28.8 Å². The molecular formula is C15H22N2O3S. The summed E-state index contributed by atoms with van der Waals surface area (Å²) in [5.41, 5.74) is 1.92. The fourth-order valence-electron chi connectivity index (χ4n) is 2.52. The second kappa shape index (κ2) is 6.49. The molecule has 1 heterocycles. The molecule has 6 heteroatoms. The third-order valence-corrected chi connectivity index (χ3v) is 3.96. The van der Waals surface area contributed by atoms with E-state index in [2.05, 4.69) is 23.4 Å². The lowest BCUT2D eigenvalue weighted by Crippen LogP contribution is -2.20. The van der Waals surface area contributed by atoms with Gasteiger partial charge in [-0.3, -0.25) is 0 Å². The van der Waals surface area contributed by atoms with E-state index in [0.717, 1.165) is 11.0 Å². The highest BCUT2D eigenvalue weighted by molar-refractivity contribution is 7.71. The van der Waals surface area contributed by atoms with E-state index in [-0.39, 0.29) is 6.04 Å². The fourth-order valence-corrected chi connectivity index (χ4v) is 2.86. The zero-order valence-corrected chi connectivity index (χ0v) is 13.9. The van der Waals surface area contributed by atoms with Gasteiger partial charge in [0.15, 0.2) is 16.3 Å². The van der Waals surface area contributed by atoms with Gasteiger partial charge in [0, 0.05) is 19.2 Å². The number of H-pyrrole nitrogens is 1. The minimum Gasteiger partial charge on any atom is -0.493 e. The van der Waals surface area contributed by atoms with Crippen LogP contribution in [0.1, 0.15) is 19.9 Å². The summed E-state index contributed by atoms with van der Waals surface area (Å²) in [7, 11) is 4.96. The van der Waals surface area contributed by atoms with Gasteiger partial charge >= 0.3 is 0 Å². The lowest BCUT2D eigenvalue weighted by atomic mass is 10.0. The molecule has 2 aromatic rings. The first-order valence-electron chi connectivity index (χ1n) is 6.88. The molecule has 5 nitrogen and oxygen atoms in total. The van der Waals surface area contributed by atoms with E-state index in [4.69, 9.17) is 26.4 Å². The number of methoxy groups -OCH3 is 3. The van der Waals surface area contributed by atoms with Crippen molar-refractivity contribution in [3.63, 3.8) is 0 Å². The molecular weight excluding hydrogens is 288 g/mol. The van der Waals surface area contributed by atoms with Crippen LogP contribution < -0.4 is 9.47 Å². The zero-order valence-electron chi connectivity index (χ0n) is 13.1. The van der Waals surface area contributed by atoms with Gasteiger partial charge in [0.05, 0.1) is 37.9 Å². The van der Waals surface area contributed by atoms with Crippen molar-refractivity contribution in [2.75, 3.05) is 27.9 Å². The molecule has 0 aliphatic heterocycles. The van der Waals surface area contributed by atoms with Crippen molar-refractivity contribution in [1.29, 1.82) is 0 Å². The SMILES string of the molecule is COCC(C(C)C)n1c(=S)[nH]c2cc(OC)c(OC)cc21. The summed E-state index contributed by atoms with van der Waals surface area (Å²) in [5, 5.41) is 0. The number of rotatable bonds is 6. The first kappa shape index (κ1) is 15.9. The van der Waals surface area contributed by atoms with Gasteiger partial charge in [-0.15, -0.1) is 0 Å². The van der Waals surface area contributed by atoms with Crippen molar-refractivity contribution in [3.05, 3.63) is 16.9 Å². The highest BCUT2D eigenvalue weighted by atomic mass is 32.1. The number of imidazole rings is 1. The summed E-state index contributed by atoms with van der Waals surface area (Å²) in [4.78, 5) is 3.23. The normalized spacial score (nSPS) is 12.9. The number of benzene rings is 1. The molecule has 0 radical (unpaired) electrons. The summed E-state index contributed by atoms with van der Waals surface area (Å²) in [6.07, 6.45) is 0. The number of hydrogen-bond donors (Lipinski definition) is 1. The molecule has 0 bridgehead atoms. The Balaban J connectivity index is 2.68. The number of nitrogens with zero attached hydrogens (tertiary/aromatic N) is 1. The molecule has 0 spiro atoms. The van der Waals surface area contributed by atoms with Crippen LogP contribution in [-0.4, -0.2) is 37.5 Å². The standard InChI is InChI=1S/C15H22N2O3S/c1-9(2)12(8-18-3)17-11-7-14(20-5)13(19-4)6-10(11)16-15(17)21/h6-7,9,12H,8H2,1-5H3,(H,16,21). The Labute approximate surface area is 129 Å². The second-order valence-corrected chi connectivity index (χ2v) is 5.68. The molecule has 1 aromatic heterocycles. The van der Waals surface area contributed by atoms with Crippen molar-refractivity contribution in [2.45, 2.75) is 19.9 Å². The average Bonchev–Trinajstić information content (AvgIpc) is 2.77. The van der Waals surface area contributed by atoms with Crippen LogP contribution in [0.25, 0.3) is 11.0 Å². The van der Waals surface area contributed by atoms with Crippen LogP contribution in [0.4, 0.5) is 0 Å². The van der Waals surface area contributed by atoms with Gasteiger partial charge in [-0.25, -0.2) is 0 Å².